The average Bonchev–Trinajstić information content (AvgIpc) is 3.00. The molecule has 0 N–H and O–H groups in total. The molecule has 0 radical (unpaired) electrons. The third-order valence-corrected chi connectivity index (χ3v) is 13.2. The van der Waals surface area contributed by atoms with Gasteiger partial charge in [0.1, 0.15) is 0 Å². The zero-order chi connectivity index (χ0) is 30.8. The quantitative estimate of drug-likeness (QED) is 0.0424. The highest BCUT2D eigenvalue weighted by Gasteiger charge is 2.47. The maximum absolute atomic E-state index is 6.47. The Balaban J connectivity index is 3.88. The van der Waals surface area contributed by atoms with Crippen molar-refractivity contribution in [2.45, 2.75) is 219 Å². The van der Waals surface area contributed by atoms with E-state index >= 15 is 0 Å². The van der Waals surface area contributed by atoms with Crippen LogP contribution in [0.1, 0.15) is 214 Å². The molecule has 254 valence electrons. The first-order valence-electron chi connectivity index (χ1n) is 19.3. The molecule has 0 aliphatic carbocycles. The number of unbranched alkanes of at least 4 members (excludes halogenated alkanes) is 26. The molecule has 0 spiro atoms. The first-order valence-corrected chi connectivity index (χ1v) is 21.6. The van der Waals surface area contributed by atoms with Gasteiger partial charge >= 0.3 is 8.80 Å². The van der Waals surface area contributed by atoms with Crippen LogP contribution in [0.4, 0.5) is 0 Å². The van der Waals surface area contributed by atoms with E-state index in [4.69, 9.17) is 25.9 Å². The predicted molar refractivity (Wildman–Crippen MR) is 193 cm³/mol. The first kappa shape index (κ1) is 42.4. The molecular formula is C37H78O3SSi. The molecule has 0 heterocycles. The fraction of sp³-hybridized carbons (Fsp3) is 1.00. The van der Waals surface area contributed by atoms with E-state index < -0.39 is 8.80 Å². The molecule has 1 unspecified atom stereocenters. The zero-order valence-corrected chi connectivity index (χ0v) is 31.3. The highest BCUT2D eigenvalue weighted by molar-refractivity contribution is 7.83. The van der Waals surface area contributed by atoms with Crippen LogP contribution in [0.3, 0.4) is 0 Å². The van der Waals surface area contributed by atoms with Crippen LogP contribution < -0.4 is 0 Å². The highest BCUT2D eigenvalue weighted by atomic mass is 32.1. The second-order valence-corrected chi connectivity index (χ2v) is 16.7. The Morgan fingerprint density at radius 3 is 0.881 bits per heavy atom. The van der Waals surface area contributed by atoms with E-state index in [-0.39, 0.29) is 4.87 Å². The third kappa shape index (κ3) is 26.8. The molecule has 0 aliphatic heterocycles. The van der Waals surface area contributed by atoms with Gasteiger partial charge in [-0.3, -0.25) is 0 Å². The summed E-state index contributed by atoms with van der Waals surface area (Å²) in [7, 11) is -2.74. The summed E-state index contributed by atoms with van der Waals surface area (Å²) in [6.45, 7) is 11.0. The number of hydrogen-bond donors (Lipinski definition) is 1. The molecule has 42 heavy (non-hydrogen) atoms. The average molecular weight is 631 g/mol. The molecule has 0 fully saturated rings. The lowest BCUT2D eigenvalue weighted by molar-refractivity contribution is 0.0584. The normalized spacial score (nSPS) is 12.8. The summed E-state index contributed by atoms with van der Waals surface area (Å²) in [6.07, 6.45) is 39.4. The Morgan fingerprint density at radius 1 is 0.381 bits per heavy atom. The molecule has 0 bridgehead atoms. The summed E-state index contributed by atoms with van der Waals surface area (Å²) in [4.78, 5) is 0.0655. The second kappa shape index (κ2) is 34.3. The van der Waals surface area contributed by atoms with Crippen molar-refractivity contribution in [1.29, 1.82) is 0 Å². The molecule has 0 aromatic rings. The lowest BCUT2D eigenvalue weighted by Crippen LogP contribution is -2.54. The summed E-state index contributed by atoms with van der Waals surface area (Å²) in [5, 5.41) is 0. The van der Waals surface area contributed by atoms with Crippen LogP contribution in [-0.4, -0.2) is 33.5 Å². The summed E-state index contributed by atoms with van der Waals surface area (Å²) in [6, 6.07) is 0. The van der Waals surface area contributed by atoms with E-state index in [1.54, 1.807) is 0 Å². The fourth-order valence-electron chi connectivity index (χ4n) is 5.89. The van der Waals surface area contributed by atoms with Gasteiger partial charge in [-0.15, -0.1) is 0 Å². The monoisotopic (exact) mass is 631 g/mol. The topological polar surface area (TPSA) is 27.7 Å². The van der Waals surface area contributed by atoms with Crippen LogP contribution in [0.25, 0.3) is 0 Å². The van der Waals surface area contributed by atoms with Crippen molar-refractivity contribution >= 4 is 21.4 Å². The zero-order valence-electron chi connectivity index (χ0n) is 29.4. The van der Waals surface area contributed by atoms with Crippen LogP contribution in [0.5, 0.6) is 0 Å². The van der Waals surface area contributed by atoms with Gasteiger partial charge in [-0.1, -0.05) is 188 Å². The van der Waals surface area contributed by atoms with Crippen molar-refractivity contribution in [2.24, 2.45) is 0 Å². The van der Waals surface area contributed by atoms with Gasteiger partial charge in [0.25, 0.3) is 0 Å². The standard InChI is InChI=1S/C37H78O3SSi/c1-5-9-11-13-15-17-19-21-23-25-27-29-31-33-35-39-42(38-8-4,37(41)7-3)40-36-34-32-30-28-26-24-22-20-18-16-14-12-10-6-2/h37,41H,5-36H2,1-4H3. The predicted octanol–water partition coefficient (Wildman–Crippen LogP) is 13.2. The highest BCUT2D eigenvalue weighted by Crippen LogP contribution is 2.24. The molecular weight excluding hydrogens is 553 g/mol. The minimum absolute atomic E-state index is 0.0655. The molecule has 3 nitrogen and oxygen atoms in total. The van der Waals surface area contributed by atoms with Gasteiger partial charge in [0.15, 0.2) is 0 Å². The molecule has 1 atom stereocenters. The molecule has 0 rings (SSSR count). The van der Waals surface area contributed by atoms with Crippen LogP contribution >= 0.6 is 12.6 Å². The van der Waals surface area contributed by atoms with Gasteiger partial charge in [0.2, 0.25) is 0 Å². The van der Waals surface area contributed by atoms with E-state index in [0.29, 0.717) is 6.61 Å². The van der Waals surface area contributed by atoms with Gasteiger partial charge in [-0.25, -0.2) is 0 Å². The summed E-state index contributed by atoms with van der Waals surface area (Å²) in [5.74, 6) is 0. The van der Waals surface area contributed by atoms with Crippen LogP contribution in [0.15, 0.2) is 0 Å². The lowest BCUT2D eigenvalue weighted by atomic mass is 10.0. The van der Waals surface area contributed by atoms with E-state index in [1.807, 2.05) is 0 Å². The molecule has 0 saturated heterocycles. The molecule has 0 amide bonds. The van der Waals surface area contributed by atoms with Gasteiger partial charge in [-0.2, -0.15) is 12.6 Å². The van der Waals surface area contributed by atoms with Gasteiger partial charge in [-0.05, 0) is 26.2 Å². The summed E-state index contributed by atoms with van der Waals surface area (Å²) in [5.41, 5.74) is 0. The molecule has 0 aliphatic rings. The van der Waals surface area contributed by atoms with Crippen molar-refractivity contribution < 1.29 is 13.3 Å². The smallest absolute Gasteiger partial charge is 0.373 e. The summed E-state index contributed by atoms with van der Waals surface area (Å²) >= 11 is 4.89. The van der Waals surface area contributed by atoms with Crippen molar-refractivity contribution in [1.82, 2.24) is 0 Å². The van der Waals surface area contributed by atoms with E-state index in [9.17, 15) is 0 Å². The van der Waals surface area contributed by atoms with Crippen LogP contribution in [-0.2, 0) is 13.3 Å². The largest absolute Gasteiger partial charge is 0.514 e. The minimum atomic E-state index is -2.74. The second-order valence-electron chi connectivity index (χ2n) is 12.8. The molecule has 0 aromatic carbocycles. The fourth-order valence-corrected chi connectivity index (χ4v) is 9.14. The van der Waals surface area contributed by atoms with Crippen molar-refractivity contribution in [3.05, 3.63) is 0 Å². The molecule has 0 aromatic heterocycles. The van der Waals surface area contributed by atoms with Crippen molar-refractivity contribution in [3.8, 4) is 0 Å². The number of rotatable bonds is 36. The Morgan fingerprint density at radius 2 is 0.643 bits per heavy atom. The number of hydrogen-bond acceptors (Lipinski definition) is 4. The van der Waals surface area contributed by atoms with Crippen molar-refractivity contribution in [3.63, 3.8) is 0 Å². The van der Waals surface area contributed by atoms with Gasteiger partial charge in [0, 0.05) is 19.8 Å². The van der Waals surface area contributed by atoms with E-state index in [0.717, 1.165) is 32.5 Å². The Hall–Kier alpha value is 0.447. The van der Waals surface area contributed by atoms with Crippen LogP contribution in [0, 0.1) is 0 Å². The molecule has 0 saturated carbocycles. The van der Waals surface area contributed by atoms with Crippen molar-refractivity contribution in [2.75, 3.05) is 19.8 Å². The Kier molecular flexibility index (Phi) is 34.7. The number of thiol groups is 1. The van der Waals surface area contributed by atoms with E-state index in [1.165, 1.54) is 167 Å². The van der Waals surface area contributed by atoms with Crippen LogP contribution in [0.2, 0.25) is 0 Å². The van der Waals surface area contributed by atoms with Gasteiger partial charge < -0.3 is 13.3 Å². The Labute approximate surface area is 272 Å². The Bertz CT molecular complexity index is 473. The SMILES string of the molecule is CCCCCCCCCCCCCCCCO[Si](OCC)(OCCCCCCCCCCCCCCCC)C(S)CC. The first-order chi connectivity index (χ1) is 20.7. The molecule has 5 heteroatoms. The maximum atomic E-state index is 6.47. The lowest BCUT2D eigenvalue weighted by Gasteiger charge is -2.33. The van der Waals surface area contributed by atoms with E-state index in [2.05, 4.69) is 27.7 Å². The maximum Gasteiger partial charge on any atom is 0.514 e. The van der Waals surface area contributed by atoms with Gasteiger partial charge in [0.05, 0.1) is 4.87 Å². The minimum Gasteiger partial charge on any atom is -0.373 e. The third-order valence-electron chi connectivity index (χ3n) is 8.74. The summed E-state index contributed by atoms with van der Waals surface area (Å²) < 4.78 is 19.2.